The quantitative estimate of drug-likeness (QED) is 0.601. The van der Waals surface area contributed by atoms with Gasteiger partial charge in [0.1, 0.15) is 0 Å². The number of carbonyl (C=O) groups is 1. The summed E-state index contributed by atoms with van der Waals surface area (Å²) in [5, 5.41) is 10.8. The van der Waals surface area contributed by atoms with Crippen molar-refractivity contribution in [2.45, 2.75) is 10.6 Å². The van der Waals surface area contributed by atoms with Gasteiger partial charge >= 0.3 is 0 Å². The van der Waals surface area contributed by atoms with Crippen LogP contribution >= 0.6 is 15.9 Å². The molecule has 0 fully saturated rings. The number of carbonyl (C=O) groups excluding carboxylic acids is 1. The summed E-state index contributed by atoms with van der Waals surface area (Å²) in [5.41, 5.74) is 0.613. The molecule has 0 radical (unpaired) electrons. The Morgan fingerprint density at radius 2 is 1.86 bits per heavy atom. The van der Waals surface area contributed by atoms with Crippen LogP contribution in [0.4, 0.5) is 5.69 Å². The van der Waals surface area contributed by atoms with Gasteiger partial charge in [0.05, 0.1) is 30.9 Å². The van der Waals surface area contributed by atoms with E-state index in [2.05, 4.69) is 20.3 Å². The van der Waals surface area contributed by atoms with Crippen molar-refractivity contribution in [1.29, 1.82) is 0 Å². The summed E-state index contributed by atoms with van der Waals surface area (Å²) >= 11 is 3.32. The van der Waals surface area contributed by atoms with Crippen LogP contribution in [-0.2, 0) is 15.5 Å². The van der Waals surface area contributed by atoms with E-state index in [9.17, 15) is 19.1 Å². The molecule has 112 valence electrons. The lowest BCUT2D eigenvalue weighted by atomic mass is 10.2. The van der Waals surface area contributed by atoms with Gasteiger partial charge in [-0.1, -0.05) is 28.1 Å². The van der Waals surface area contributed by atoms with Crippen LogP contribution in [0.2, 0.25) is 0 Å². The Bertz CT molecular complexity index is 915. The Labute approximate surface area is 134 Å². The third-order valence-corrected chi connectivity index (χ3v) is 6.01. The highest BCUT2D eigenvalue weighted by atomic mass is 79.9. The number of fused-ring (bicyclic) bond motifs is 1. The van der Waals surface area contributed by atoms with Gasteiger partial charge in [0.2, 0.25) is 0 Å². The van der Waals surface area contributed by atoms with Crippen LogP contribution in [0.1, 0.15) is 15.9 Å². The fourth-order valence-corrected chi connectivity index (χ4v) is 4.59. The van der Waals surface area contributed by atoms with Gasteiger partial charge < -0.3 is 0 Å². The van der Waals surface area contributed by atoms with Crippen molar-refractivity contribution in [1.82, 2.24) is 0 Å². The van der Waals surface area contributed by atoms with E-state index < -0.39 is 20.6 Å². The number of hydrogen-bond donors (Lipinski definition) is 0. The maximum Gasteiger partial charge on any atom is 0.286 e. The van der Waals surface area contributed by atoms with E-state index in [-0.39, 0.29) is 21.9 Å². The van der Waals surface area contributed by atoms with E-state index in [4.69, 9.17) is 0 Å². The van der Waals surface area contributed by atoms with Gasteiger partial charge in [-0.05, 0) is 23.8 Å². The lowest BCUT2D eigenvalue weighted by Gasteiger charge is -2.06. The normalized spacial score (nSPS) is 19.6. The molecule has 2 aromatic rings. The zero-order valence-electron chi connectivity index (χ0n) is 11.1. The molecule has 0 N–H and O–H groups in total. The Kier molecular flexibility index (Phi) is 3.57. The summed E-state index contributed by atoms with van der Waals surface area (Å²) in [7, 11) is -2.93. The summed E-state index contributed by atoms with van der Waals surface area (Å²) in [6, 6.07) is 10.9. The van der Waals surface area contributed by atoms with Crippen LogP contribution in [0.15, 0.2) is 56.2 Å². The van der Waals surface area contributed by atoms with E-state index in [0.717, 1.165) is 16.1 Å². The first-order valence-corrected chi connectivity index (χ1v) is 8.69. The summed E-state index contributed by atoms with van der Waals surface area (Å²) in [5.74, 6) is -0.572. The third kappa shape index (κ3) is 2.55. The van der Waals surface area contributed by atoms with Gasteiger partial charge in [0, 0.05) is 16.6 Å². The minimum atomic E-state index is -2.93. The molecule has 0 saturated carbocycles. The Morgan fingerprint density at radius 3 is 2.50 bits per heavy atom. The molecule has 1 amide bonds. The van der Waals surface area contributed by atoms with E-state index in [1.807, 2.05) is 12.1 Å². The highest BCUT2D eigenvalue weighted by Crippen LogP contribution is 2.32. The standard InChI is InChI=1S/C14H9BrN2O4S/c15-10-3-1-9(2-4-10)8-22(21)13-6-5-11(17(19)20)7-12(13)14(18)16-22/h1-7H,8H2. The van der Waals surface area contributed by atoms with Crippen LogP contribution in [-0.4, -0.2) is 15.0 Å². The number of non-ortho nitro benzene ring substituents is 1. The molecule has 1 unspecified atom stereocenters. The molecule has 0 bridgehead atoms. The van der Waals surface area contributed by atoms with Crippen molar-refractivity contribution in [2.75, 3.05) is 0 Å². The number of rotatable bonds is 3. The number of nitrogens with zero attached hydrogens (tertiary/aromatic N) is 2. The molecule has 0 aromatic heterocycles. The predicted octanol–water partition coefficient (Wildman–Crippen LogP) is 3.54. The van der Waals surface area contributed by atoms with Crippen molar-refractivity contribution in [2.24, 2.45) is 4.36 Å². The van der Waals surface area contributed by atoms with E-state index in [1.54, 1.807) is 12.1 Å². The number of nitro benzene ring substituents is 1. The van der Waals surface area contributed by atoms with Crippen molar-refractivity contribution < 1.29 is 13.9 Å². The lowest BCUT2D eigenvalue weighted by Crippen LogP contribution is -2.03. The fourth-order valence-electron chi connectivity index (χ4n) is 2.23. The summed E-state index contributed by atoms with van der Waals surface area (Å²) in [6.07, 6.45) is 0. The molecule has 1 atom stereocenters. The molecule has 1 heterocycles. The van der Waals surface area contributed by atoms with Crippen molar-refractivity contribution in [3.8, 4) is 0 Å². The Balaban J connectivity index is 2.05. The molecular formula is C14H9BrN2O4S. The summed E-state index contributed by atoms with van der Waals surface area (Å²) in [4.78, 5) is 22.4. The molecule has 0 spiro atoms. The van der Waals surface area contributed by atoms with E-state index >= 15 is 0 Å². The number of benzene rings is 2. The average molecular weight is 381 g/mol. The average Bonchev–Trinajstić information content (AvgIpc) is 2.72. The predicted molar refractivity (Wildman–Crippen MR) is 84.1 cm³/mol. The second-order valence-electron chi connectivity index (χ2n) is 4.75. The van der Waals surface area contributed by atoms with Gasteiger partial charge in [-0.15, -0.1) is 0 Å². The first kappa shape index (κ1) is 14.9. The molecule has 2 aromatic carbocycles. The Hall–Kier alpha value is -2.06. The maximum atomic E-state index is 13.0. The van der Waals surface area contributed by atoms with Crippen LogP contribution in [0, 0.1) is 10.1 Å². The van der Waals surface area contributed by atoms with E-state index in [0.29, 0.717) is 0 Å². The van der Waals surface area contributed by atoms with Gasteiger partial charge in [0.25, 0.3) is 11.6 Å². The van der Waals surface area contributed by atoms with Crippen molar-refractivity contribution in [3.63, 3.8) is 0 Å². The molecule has 1 aliphatic heterocycles. The highest BCUT2D eigenvalue weighted by molar-refractivity contribution is 9.10. The molecular weight excluding hydrogens is 372 g/mol. The molecule has 0 aliphatic carbocycles. The Morgan fingerprint density at radius 1 is 1.18 bits per heavy atom. The second-order valence-corrected chi connectivity index (χ2v) is 7.85. The number of halogens is 1. The molecule has 0 saturated heterocycles. The maximum absolute atomic E-state index is 13.0. The minimum Gasteiger partial charge on any atom is -0.266 e. The molecule has 6 nitrogen and oxygen atoms in total. The van der Waals surface area contributed by atoms with Crippen LogP contribution in [0.25, 0.3) is 0 Å². The summed E-state index contributed by atoms with van der Waals surface area (Å²) in [6.45, 7) is 0. The van der Waals surface area contributed by atoms with Gasteiger partial charge in [-0.2, -0.15) is 4.36 Å². The molecule has 8 heteroatoms. The SMILES string of the molecule is O=C1N=S(=O)(Cc2ccc(Br)cc2)c2ccc([N+](=O)[O-])cc21. The summed E-state index contributed by atoms with van der Waals surface area (Å²) < 4.78 is 17.6. The fraction of sp³-hybridized carbons (Fsp3) is 0.0714. The molecule has 3 rings (SSSR count). The number of amides is 1. The lowest BCUT2D eigenvalue weighted by molar-refractivity contribution is -0.384. The van der Waals surface area contributed by atoms with Crippen LogP contribution < -0.4 is 0 Å². The molecule has 22 heavy (non-hydrogen) atoms. The largest absolute Gasteiger partial charge is 0.286 e. The number of hydrogen-bond acceptors (Lipinski definition) is 4. The third-order valence-electron chi connectivity index (χ3n) is 3.25. The number of nitro groups is 1. The van der Waals surface area contributed by atoms with Crippen molar-refractivity contribution >= 4 is 37.3 Å². The highest BCUT2D eigenvalue weighted by Gasteiger charge is 2.31. The van der Waals surface area contributed by atoms with Crippen LogP contribution in [0.5, 0.6) is 0 Å². The first-order valence-electron chi connectivity index (χ1n) is 6.21. The van der Waals surface area contributed by atoms with Gasteiger partial charge in [-0.3, -0.25) is 14.9 Å². The molecule has 1 aliphatic rings. The van der Waals surface area contributed by atoms with Crippen molar-refractivity contribution in [3.05, 3.63) is 68.2 Å². The monoisotopic (exact) mass is 380 g/mol. The van der Waals surface area contributed by atoms with Crippen LogP contribution in [0.3, 0.4) is 0 Å². The zero-order chi connectivity index (χ0) is 15.9. The zero-order valence-corrected chi connectivity index (χ0v) is 13.5. The first-order chi connectivity index (χ1) is 10.4. The van der Waals surface area contributed by atoms with Gasteiger partial charge in [0.15, 0.2) is 0 Å². The van der Waals surface area contributed by atoms with E-state index in [1.165, 1.54) is 12.1 Å². The minimum absolute atomic E-state index is 0.0521. The van der Waals surface area contributed by atoms with Gasteiger partial charge in [-0.25, -0.2) is 4.21 Å². The smallest absolute Gasteiger partial charge is 0.266 e. The second kappa shape index (κ2) is 5.29. The topological polar surface area (TPSA) is 89.6 Å².